The summed E-state index contributed by atoms with van der Waals surface area (Å²) in [5.41, 5.74) is 2.45. The average Bonchev–Trinajstić information content (AvgIpc) is 2.70. The second-order valence-electron chi connectivity index (χ2n) is 6.14. The third kappa shape index (κ3) is 4.70. The number of aryl methyl sites for hydroxylation is 1. The summed E-state index contributed by atoms with van der Waals surface area (Å²) in [6.07, 6.45) is 0.177. The van der Waals surface area contributed by atoms with Crippen molar-refractivity contribution in [1.29, 1.82) is 0 Å². The highest BCUT2D eigenvalue weighted by Crippen LogP contribution is 2.29. The highest BCUT2D eigenvalue weighted by Gasteiger charge is 2.24. The normalized spacial score (nSPS) is 11.7. The molecule has 0 unspecified atom stereocenters. The van der Waals surface area contributed by atoms with Gasteiger partial charge in [0.15, 0.2) is 11.6 Å². The van der Waals surface area contributed by atoms with Crippen molar-refractivity contribution in [1.82, 2.24) is 0 Å². The van der Waals surface area contributed by atoms with Crippen LogP contribution in [0.25, 0.3) is 0 Å². The quantitative estimate of drug-likeness (QED) is 0.405. The van der Waals surface area contributed by atoms with E-state index in [9.17, 15) is 9.59 Å². The number of thioether (sulfide) groups is 1. The molecule has 0 N–H and O–H groups in total. The van der Waals surface area contributed by atoms with Crippen LogP contribution in [0.3, 0.4) is 0 Å². The van der Waals surface area contributed by atoms with Crippen LogP contribution in [0.2, 0.25) is 0 Å². The molecule has 0 aliphatic rings. The van der Waals surface area contributed by atoms with Crippen molar-refractivity contribution in [3.63, 3.8) is 0 Å². The standard InChI is InChI=1S/C23H20O2S/c1-17-12-14-20(15-13-17)26-22(23(25)19-10-6-3-7-11-19)16-21(24)18-8-4-2-5-9-18/h2-15,22H,16H2,1H3/t22-/m1/s1. The highest BCUT2D eigenvalue weighted by molar-refractivity contribution is 8.00. The van der Waals surface area contributed by atoms with Crippen molar-refractivity contribution in [2.75, 3.05) is 0 Å². The molecule has 130 valence electrons. The van der Waals surface area contributed by atoms with Gasteiger partial charge in [-0.3, -0.25) is 9.59 Å². The summed E-state index contributed by atoms with van der Waals surface area (Å²) >= 11 is 1.45. The molecule has 0 saturated heterocycles. The van der Waals surface area contributed by atoms with Crippen molar-refractivity contribution in [2.24, 2.45) is 0 Å². The van der Waals surface area contributed by atoms with E-state index in [1.165, 1.54) is 17.3 Å². The Hall–Kier alpha value is -2.65. The van der Waals surface area contributed by atoms with Crippen molar-refractivity contribution in [3.8, 4) is 0 Å². The number of carbonyl (C=O) groups excluding carboxylic acids is 2. The zero-order valence-corrected chi connectivity index (χ0v) is 15.4. The number of rotatable bonds is 7. The Morgan fingerprint density at radius 2 is 1.31 bits per heavy atom. The van der Waals surface area contributed by atoms with Gasteiger partial charge in [0, 0.05) is 22.4 Å². The molecule has 3 aromatic carbocycles. The molecule has 3 heteroatoms. The zero-order valence-electron chi connectivity index (χ0n) is 14.6. The summed E-state index contributed by atoms with van der Waals surface area (Å²) in [5, 5.41) is -0.451. The molecule has 0 fully saturated rings. The zero-order chi connectivity index (χ0) is 18.4. The van der Waals surface area contributed by atoms with E-state index in [0.29, 0.717) is 11.1 Å². The molecule has 0 aromatic heterocycles. The number of hydrogen-bond acceptors (Lipinski definition) is 3. The molecule has 3 aromatic rings. The van der Waals surface area contributed by atoms with Gasteiger partial charge in [0.2, 0.25) is 0 Å². The molecule has 2 nitrogen and oxygen atoms in total. The van der Waals surface area contributed by atoms with E-state index in [-0.39, 0.29) is 18.0 Å². The van der Waals surface area contributed by atoms with E-state index in [1.807, 2.05) is 67.6 Å². The van der Waals surface area contributed by atoms with Gasteiger partial charge in [-0.25, -0.2) is 0 Å². The van der Waals surface area contributed by atoms with Gasteiger partial charge in [0.05, 0.1) is 5.25 Å². The second kappa shape index (κ2) is 8.63. The lowest BCUT2D eigenvalue weighted by atomic mass is 10.0. The maximum absolute atomic E-state index is 13.0. The van der Waals surface area contributed by atoms with Crippen LogP contribution < -0.4 is 0 Å². The van der Waals surface area contributed by atoms with Crippen LogP contribution in [0.4, 0.5) is 0 Å². The van der Waals surface area contributed by atoms with Crippen LogP contribution >= 0.6 is 11.8 Å². The number of ketones is 2. The van der Waals surface area contributed by atoms with Gasteiger partial charge in [0.25, 0.3) is 0 Å². The van der Waals surface area contributed by atoms with Gasteiger partial charge in [-0.1, -0.05) is 78.4 Å². The number of carbonyl (C=O) groups is 2. The van der Waals surface area contributed by atoms with Crippen molar-refractivity contribution >= 4 is 23.3 Å². The van der Waals surface area contributed by atoms with Crippen LogP contribution in [0.1, 0.15) is 32.7 Å². The monoisotopic (exact) mass is 360 g/mol. The number of Topliss-reactive ketones (excluding diaryl/α,β-unsaturated/α-hetero) is 2. The predicted molar refractivity (Wildman–Crippen MR) is 107 cm³/mol. The first-order chi connectivity index (χ1) is 12.6. The van der Waals surface area contributed by atoms with E-state index >= 15 is 0 Å². The molecule has 0 saturated carbocycles. The smallest absolute Gasteiger partial charge is 0.176 e. The molecule has 0 spiro atoms. The molecule has 26 heavy (non-hydrogen) atoms. The van der Waals surface area contributed by atoms with Crippen LogP contribution in [-0.2, 0) is 0 Å². The maximum Gasteiger partial charge on any atom is 0.176 e. The lowest BCUT2D eigenvalue weighted by molar-refractivity contribution is 0.0924. The van der Waals surface area contributed by atoms with Gasteiger partial charge < -0.3 is 0 Å². The third-order valence-electron chi connectivity index (χ3n) is 4.12. The van der Waals surface area contributed by atoms with E-state index in [4.69, 9.17) is 0 Å². The van der Waals surface area contributed by atoms with Crippen LogP contribution in [-0.4, -0.2) is 16.8 Å². The lowest BCUT2D eigenvalue weighted by Crippen LogP contribution is -2.21. The molecular formula is C23H20O2S. The van der Waals surface area contributed by atoms with E-state index in [1.54, 1.807) is 24.3 Å². The van der Waals surface area contributed by atoms with Gasteiger partial charge in [-0.2, -0.15) is 0 Å². The first kappa shape index (κ1) is 18.2. The number of hydrogen-bond donors (Lipinski definition) is 0. The third-order valence-corrected chi connectivity index (χ3v) is 5.33. The van der Waals surface area contributed by atoms with Gasteiger partial charge >= 0.3 is 0 Å². The van der Waals surface area contributed by atoms with Crippen molar-refractivity contribution < 1.29 is 9.59 Å². The Labute approximate surface area is 158 Å². The van der Waals surface area contributed by atoms with Crippen LogP contribution in [0, 0.1) is 6.92 Å². The Bertz CT molecular complexity index is 871. The molecule has 0 amide bonds. The molecule has 0 radical (unpaired) electrons. The summed E-state index contributed by atoms with van der Waals surface area (Å²) < 4.78 is 0. The summed E-state index contributed by atoms with van der Waals surface area (Å²) in [5.74, 6) is -0.0278. The minimum atomic E-state index is -0.451. The Kier molecular flexibility index (Phi) is 6.03. The van der Waals surface area contributed by atoms with Crippen LogP contribution in [0.5, 0.6) is 0 Å². The second-order valence-corrected chi connectivity index (χ2v) is 7.42. The Morgan fingerprint density at radius 3 is 1.88 bits per heavy atom. The fraction of sp³-hybridized carbons (Fsp3) is 0.130. The van der Waals surface area contributed by atoms with Crippen LogP contribution in [0.15, 0.2) is 89.8 Å². The molecular weight excluding hydrogens is 340 g/mol. The van der Waals surface area contributed by atoms with E-state index in [2.05, 4.69) is 0 Å². The fourth-order valence-corrected chi connectivity index (χ4v) is 3.77. The van der Waals surface area contributed by atoms with Gasteiger partial charge in [0.1, 0.15) is 0 Å². The fourth-order valence-electron chi connectivity index (χ4n) is 2.67. The molecule has 3 rings (SSSR count). The molecule has 0 aliphatic carbocycles. The summed E-state index contributed by atoms with van der Waals surface area (Å²) in [4.78, 5) is 26.7. The highest BCUT2D eigenvalue weighted by atomic mass is 32.2. The minimum absolute atomic E-state index is 0.0135. The Morgan fingerprint density at radius 1 is 0.769 bits per heavy atom. The summed E-state index contributed by atoms with van der Waals surface area (Å²) in [6, 6.07) is 26.4. The maximum atomic E-state index is 13.0. The largest absolute Gasteiger partial charge is 0.294 e. The Balaban J connectivity index is 1.84. The average molecular weight is 360 g/mol. The van der Waals surface area contributed by atoms with E-state index < -0.39 is 5.25 Å². The van der Waals surface area contributed by atoms with Gasteiger partial charge in [-0.15, -0.1) is 11.8 Å². The lowest BCUT2D eigenvalue weighted by Gasteiger charge is -2.15. The van der Waals surface area contributed by atoms with Gasteiger partial charge in [-0.05, 0) is 19.1 Å². The van der Waals surface area contributed by atoms with Crippen molar-refractivity contribution in [3.05, 3.63) is 102 Å². The SMILES string of the molecule is Cc1ccc(S[C@H](CC(=O)c2ccccc2)C(=O)c2ccccc2)cc1. The molecule has 0 aliphatic heterocycles. The topological polar surface area (TPSA) is 34.1 Å². The molecule has 0 bridgehead atoms. The molecule has 0 heterocycles. The summed E-state index contributed by atoms with van der Waals surface area (Å²) in [6.45, 7) is 2.03. The minimum Gasteiger partial charge on any atom is -0.294 e. The first-order valence-electron chi connectivity index (χ1n) is 8.54. The van der Waals surface area contributed by atoms with Crippen molar-refractivity contribution in [2.45, 2.75) is 23.5 Å². The number of benzene rings is 3. The first-order valence-corrected chi connectivity index (χ1v) is 9.42. The van der Waals surface area contributed by atoms with E-state index in [0.717, 1.165) is 4.90 Å². The molecule has 1 atom stereocenters. The predicted octanol–water partition coefficient (Wildman–Crippen LogP) is 5.61. The summed E-state index contributed by atoms with van der Waals surface area (Å²) in [7, 11) is 0.